The lowest BCUT2D eigenvalue weighted by molar-refractivity contribution is -0.171. The zero-order chi connectivity index (χ0) is 15.1. The smallest absolute Gasteiger partial charge is 0.417 e. The standard InChI is InChI=1S/C11H16O8/c1-11(2,5-18-9(14)7(12)16-3)6-19-10(15)8(13)17-4/h5-6H2,1-4H3. The van der Waals surface area contributed by atoms with Gasteiger partial charge >= 0.3 is 23.9 Å². The average Bonchev–Trinajstić information content (AvgIpc) is 2.40. The lowest BCUT2D eigenvalue weighted by Crippen LogP contribution is -2.32. The van der Waals surface area contributed by atoms with Gasteiger partial charge in [-0.2, -0.15) is 0 Å². The maximum absolute atomic E-state index is 11.0. The van der Waals surface area contributed by atoms with Crippen LogP contribution in [0.5, 0.6) is 0 Å². The van der Waals surface area contributed by atoms with E-state index in [-0.39, 0.29) is 13.2 Å². The van der Waals surface area contributed by atoms with E-state index in [1.54, 1.807) is 13.8 Å². The summed E-state index contributed by atoms with van der Waals surface area (Å²) in [6, 6.07) is 0. The maximum Gasteiger partial charge on any atom is 0.417 e. The normalized spacial score (nSPS) is 10.3. The molecule has 0 spiro atoms. The molecule has 0 aromatic heterocycles. The molecular weight excluding hydrogens is 260 g/mol. The number of esters is 4. The topological polar surface area (TPSA) is 105 Å². The Morgan fingerprint density at radius 3 is 1.32 bits per heavy atom. The molecule has 0 heterocycles. The second-order valence-electron chi connectivity index (χ2n) is 4.30. The number of hydrogen-bond acceptors (Lipinski definition) is 8. The molecule has 0 unspecified atom stereocenters. The molecule has 0 fully saturated rings. The summed E-state index contributed by atoms with van der Waals surface area (Å²) in [6.45, 7) is 2.86. The van der Waals surface area contributed by atoms with Crippen LogP contribution < -0.4 is 0 Å². The molecule has 0 rings (SSSR count). The van der Waals surface area contributed by atoms with Gasteiger partial charge in [0.25, 0.3) is 0 Å². The van der Waals surface area contributed by atoms with E-state index in [2.05, 4.69) is 18.9 Å². The Morgan fingerprint density at radius 2 is 1.05 bits per heavy atom. The molecule has 0 saturated carbocycles. The van der Waals surface area contributed by atoms with Gasteiger partial charge in [0.2, 0.25) is 0 Å². The molecule has 0 radical (unpaired) electrons. The number of hydrogen-bond donors (Lipinski definition) is 0. The summed E-state index contributed by atoms with van der Waals surface area (Å²) in [5.41, 5.74) is -0.770. The molecule has 8 heteroatoms. The summed E-state index contributed by atoms with van der Waals surface area (Å²) < 4.78 is 17.6. The average molecular weight is 276 g/mol. The van der Waals surface area contributed by atoms with Crippen LogP contribution in [0.25, 0.3) is 0 Å². The number of ether oxygens (including phenoxy) is 4. The summed E-state index contributed by atoms with van der Waals surface area (Å²) in [6.07, 6.45) is 0. The van der Waals surface area contributed by atoms with Crippen molar-refractivity contribution in [3.05, 3.63) is 0 Å². The molecule has 8 nitrogen and oxygen atoms in total. The van der Waals surface area contributed by atoms with Crippen molar-refractivity contribution in [2.24, 2.45) is 5.41 Å². The Bertz CT molecular complexity index is 337. The van der Waals surface area contributed by atoms with Crippen LogP contribution in [0.2, 0.25) is 0 Å². The highest BCUT2D eigenvalue weighted by molar-refractivity contribution is 6.30. The van der Waals surface area contributed by atoms with Gasteiger partial charge in [0.1, 0.15) is 13.2 Å². The van der Waals surface area contributed by atoms with E-state index in [4.69, 9.17) is 0 Å². The summed E-state index contributed by atoms with van der Waals surface area (Å²) in [5, 5.41) is 0. The summed E-state index contributed by atoms with van der Waals surface area (Å²) in [4.78, 5) is 43.6. The predicted molar refractivity (Wildman–Crippen MR) is 59.7 cm³/mol. The van der Waals surface area contributed by atoms with Crippen molar-refractivity contribution in [1.82, 2.24) is 0 Å². The van der Waals surface area contributed by atoms with Gasteiger partial charge < -0.3 is 18.9 Å². The quantitative estimate of drug-likeness (QED) is 0.382. The van der Waals surface area contributed by atoms with E-state index in [0.717, 1.165) is 14.2 Å². The zero-order valence-corrected chi connectivity index (χ0v) is 11.2. The molecule has 0 saturated heterocycles. The maximum atomic E-state index is 11.0. The Balaban J connectivity index is 4.19. The molecule has 0 bridgehead atoms. The monoisotopic (exact) mass is 276 g/mol. The van der Waals surface area contributed by atoms with Crippen molar-refractivity contribution in [2.45, 2.75) is 13.8 Å². The first-order valence-electron chi connectivity index (χ1n) is 5.23. The predicted octanol–water partition coefficient (Wildman–Crippen LogP) is -0.555. The Morgan fingerprint density at radius 1 is 0.737 bits per heavy atom. The molecule has 0 aliphatic heterocycles. The number of carbonyl (C=O) groups excluding carboxylic acids is 4. The second-order valence-corrected chi connectivity index (χ2v) is 4.30. The van der Waals surface area contributed by atoms with Crippen LogP contribution in [-0.2, 0) is 38.1 Å². The Hall–Kier alpha value is -2.12. The zero-order valence-electron chi connectivity index (χ0n) is 11.2. The number of carbonyl (C=O) groups is 4. The first-order valence-corrected chi connectivity index (χ1v) is 5.23. The van der Waals surface area contributed by atoms with Crippen LogP contribution in [0.15, 0.2) is 0 Å². The highest BCUT2D eigenvalue weighted by Gasteiger charge is 2.27. The minimum atomic E-state index is -1.14. The van der Waals surface area contributed by atoms with Gasteiger partial charge in [-0.1, -0.05) is 13.8 Å². The Labute approximate surface area is 109 Å². The SMILES string of the molecule is COC(=O)C(=O)OCC(C)(C)COC(=O)C(=O)OC. The summed E-state index contributed by atoms with van der Waals surface area (Å²) in [5.74, 6) is -4.53. The molecule has 0 atom stereocenters. The third-order valence-electron chi connectivity index (χ3n) is 1.89. The minimum Gasteiger partial charge on any atom is -0.461 e. The van der Waals surface area contributed by atoms with Crippen molar-refractivity contribution in [2.75, 3.05) is 27.4 Å². The molecule has 0 aliphatic rings. The van der Waals surface area contributed by atoms with Gasteiger partial charge in [0.15, 0.2) is 0 Å². The van der Waals surface area contributed by atoms with E-state index in [9.17, 15) is 19.2 Å². The first kappa shape index (κ1) is 16.9. The number of methoxy groups -OCH3 is 2. The molecular formula is C11H16O8. The fourth-order valence-electron chi connectivity index (χ4n) is 0.848. The van der Waals surface area contributed by atoms with Crippen LogP contribution in [0, 0.1) is 5.41 Å². The van der Waals surface area contributed by atoms with Crippen LogP contribution in [0.1, 0.15) is 13.8 Å². The lowest BCUT2D eigenvalue weighted by Gasteiger charge is -2.22. The van der Waals surface area contributed by atoms with Gasteiger partial charge in [-0.3, -0.25) is 0 Å². The van der Waals surface area contributed by atoms with Crippen molar-refractivity contribution >= 4 is 23.9 Å². The first-order chi connectivity index (χ1) is 8.73. The van der Waals surface area contributed by atoms with Crippen molar-refractivity contribution in [1.29, 1.82) is 0 Å². The van der Waals surface area contributed by atoms with Gasteiger partial charge in [0, 0.05) is 5.41 Å². The molecule has 0 N–H and O–H groups in total. The largest absolute Gasteiger partial charge is 0.461 e. The fraction of sp³-hybridized carbons (Fsp3) is 0.636. The highest BCUT2D eigenvalue weighted by atomic mass is 16.6. The molecule has 0 aliphatic carbocycles. The molecule has 108 valence electrons. The van der Waals surface area contributed by atoms with E-state index < -0.39 is 29.3 Å². The highest BCUT2D eigenvalue weighted by Crippen LogP contribution is 2.16. The van der Waals surface area contributed by atoms with E-state index >= 15 is 0 Å². The van der Waals surface area contributed by atoms with Crippen LogP contribution in [0.3, 0.4) is 0 Å². The van der Waals surface area contributed by atoms with E-state index in [1.807, 2.05) is 0 Å². The Kier molecular flexibility index (Phi) is 6.53. The van der Waals surface area contributed by atoms with Crippen LogP contribution in [0.4, 0.5) is 0 Å². The molecule has 19 heavy (non-hydrogen) atoms. The number of rotatable bonds is 4. The van der Waals surface area contributed by atoms with Crippen molar-refractivity contribution < 1.29 is 38.1 Å². The van der Waals surface area contributed by atoms with Crippen molar-refractivity contribution in [3.8, 4) is 0 Å². The summed E-state index contributed by atoms with van der Waals surface area (Å²) in [7, 11) is 2.10. The van der Waals surface area contributed by atoms with Crippen LogP contribution >= 0.6 is 0 Å². The van der Waals surface area contributed by atoms with Gasteiger partial charge in [0.05, 0.1) is 14.2 Å². The van der Waals surface area contributed by atoms with Crippen molar-refractivity contribution in [3.63, 3.8) is 0 Å². The molecule has 0 aromatic carbocycles. The molecule has 0 amide bonds. The van der Waals surface area contributed by atoms with E-state index in [0.29, 0.717) is 0 Å². The van der Waals surface area contributed by atoms with E-state index in [1.165, 1.54) is 0 Å². The molecule has 0 aromatic rings. The minimum absolute atomic E-state index is 0.185. The van der Waals surface area contributed by atoms with Gasteiger partial charge in [-0.25, -0.2) is 19.2 Å². The van der Waals surface area contributed by atoms with Gasteiger partial charge in [-0.05, 0) is 0 Å². The van der Waals surface area contributed by atoms with Gasteiger partial charge in [-0.15, -0.1) is 0 Å². The second kappa shape index (κ2) is 7.34. The summed E-state index contributed by atoms with van der Waals surface area (Å²) >= 11 is 0. The lowest BCUT2D eigenvalue weighted by atomic mass is 9.96. The fourth-order valence-corrected chi connectivity index (χ4v) is 0.848. The third kappa shape index (κ3) is 6.39. The van der Waals surface area contributed by atoms with Crippen LogP contribution in [-0.4, -0.2) is 51.3 Å². The third-order valence-corrected chi connectivity index (χ3v) is 1.89.